The van der Waals surface area contributed by atoms with Gasteiger partial charge in [0.1, 0.15) is 0 Å². The first-order valence-electron chi connectivity index (χ1n) is 4.87. The van der Waals surface area contributed by atoms with Gasteiger partial charge in [-0.1, -0.05) is 15.9 Å². The molecule has 0 saturated heterocycles. The molecular weight excluding hydrogens is 232 g/mol. The molecule has 0 aliphatic heterocycles. The van der Waals surface area contributed by atoms with E-state index in [4.69, 9.17) is 9.47 Å². The second kappa shape index (κ2) is 4.76. The van der Waals surface area contributed by atoms with Crippen LogP contribution in [0.5, 0.6) is 0 Å². The van der Waals surface area contributed by atoms with Gasteiger partial charge in [0, 0.05) is 4.83 Å². The number of ether oxygens (including phenoxy) is 2. The Kier molecular flexibility index (Phi) is 4.20. The molecule has 0 atom stereocenters. The Bertz CT molecular complexity index is 147. The molecule has 0 spiro atoms. The van der Waals surface area contributed by atoms with E-state index in [-0.39, 0.29) is 5.60 Å². The Morgan fingerprint density at radius 2 is 1.85 bits per heavy atom. The van der Waals surface area contributed by atoms with Crippen molar-refractivity contribution in [1.29, 1.82) is 0 Å². The first-order chi connectivity index (χ1) is 5.97. The highest BCUT2D eigenvalue weighted by molar-refractivity contribution is 9.09. The van der Waals surface area contributed by atoms with Crippen molar-refractivity contribution >= 4 is 15.9 Å². The van der Waals surface area contributed by atoms with Gasteiger partial charge in [0.15, 0.2) is 0 Å². The summed E-state index contributed by atoms with van der Waals surface area (Å²) < 4.78 is 11.1. The van der Waals surface area contributed by atoms with Crippen LogP contribution < -0.4 is 0 Å². The van der Waals surface area contributed by atoms with E-state index in [1.807, 2.05) is 0 Å². The van der Waals surface area contributed by atoms with Crippen molar-refractivity contribution in [3.05, 3.63) is 0 Å². The molecule has 1 fully saturated rings. The predicted molar refractivity (Wildman–Crippen MR) is 57.4 cm³/mol. The number of hydrogen-bond acceptors (Lipinski definition) is 2. The van der Waals surface area contributed by atoms with Crippen molar-refractivity contribution in [1.82, 2.24) is 0 Å². The van der Waals surface area contributed by atoms with Crippen LogP contribution in [0.2, 0.25) is 0 Å². The Balaban J connectivity index is 1.90. The summed E-state index contributed by atoms with van der Waals surface area (Å²) in [4.78, 5) is 0.682. The second-order valence-electron chi connectivity index (χ2n) is 4.52. The molecule has 0 aromatic rings. The fourth-order valence-corrected chi connectivity index (χ4v) is 2.03. The molecule has 0 bridgehead atoms. The quantitative estimate of drug-likeness (QED) is 0.565. The minimum absolute atomic E-state index is 0.0407. The van der Waals surface area contributed by atoms with Gasteiger partial charge in [-0.2, -0.15) is 0 Å². The third-order valence-electron chi connectivity index (χ3n) is 2.01. The van der Waals surface area contributed by atoms with Crippen molar-refractivity contribution in [2.45, 2.75) is 50.1 Å². The van der Waals surface area contributed by atoms with Gasteiger partial charge < -0.3 is 9.47 Å². The van der Waals surface area contributed by atoms with Crippen molar-refractivity contribution in [2.24, 2.45) is 0 Å². The highest BCUT2D eigenvalue weighted by Crippen LogP contribution is 2.29. The molecule has 0 heterocycles. The SMILES string of the molecule is CC(C)(C)OCCOC1CC(Br)C1. The lowest BCUT2D eigenvalue weighted by Crippen LogP contribution is -2.33. The lowest BCUT2D eigenvalue weighted by atomic mass is 9.96. The Morgan fingerprint density at radius 1 is 1.23 bits per heavy atom. The Labute approximate surface area is 89.1 Å². The molecule has 1 rings (SSSR count). The largest absolute Gasteiger partial charge is 0.376 e. The molecule has 0 unspecified atom stereocenters. The highest BCUT2D eigenvalue weighted by atomic mass is 79.9. The highest BCUT2D eigenvalue weighted by Gasteiger charge is 2.27. The first-order valence-corrected chi connectivity index (χ1v) is 5.78. The van der Waals surface area contributed by atoms with Gasteiger partial charge in [-0.15, -0.1) is 0 Å². The Hall–Kier alpha value is 0.400. The third kappa shape index (κ3) is 4.99. The molecule has 1 saturated carbocycles. The zero-order chi connectivity index (χ0) is 9.90. The third-order valence-corrected chi connectivity index (χ3v) is 2.76. The monoisotopic (exact) mass is 250 g/mol. The molecule has 0 radical (unpaired) electrons. The maximum Gasteiger partial charge on any atom is 0.0707 e. The van der Waals surface area contributed by atoms with E-state index in [1.165, 1.54) is 0 Å². The van der Waals surface area contributed by atoms with Gasteiger partial charge in [0.05, 0.1) is 24.9 Å². The summed E-state index contributed by atoms with van der Waals surface area (Å²) in [6, 6.07) is 0. The van der Waals surface area contributed by atoms with E-state index in [2.05, 4.69) is 36.7 Å². The minimum atomic E-state index is -0.0407. The van der Waals surface area contributed by atoms with Crippen LogP contribution in [0.25, 0.3) is 0 Å². The zero-order valence-electron chi connectivity index (χ0n) is 8.68. The van der Waals surface area contributed by atoms with E-state index in [9.17, 15) is 0 Å². The summed E-state index contributed by atoms with van der Waals surface area (Å²) in [5.41, 5.74) is -0.0407. The van der Waals surface area contributed by atoms with Gasteiger partial charge >= 0.3 is 0 Å². The molecular formula is C10H19BrO2. The van der Waals surface area contributed by atoms with E-state index >= 15 is 0 Å². The van der Waals surface area contributed by atoms with Gasteiger partial charge in [-0.05, 0) is 33.6 Å². The van der Waals surface area contributed by atoms with Crippen LogP contribution in [0.4, 0.5) is 0 Å². The molecule has 0 N–H and O–H groups in total. The van der Waals surface area contributed by atoms with Crippen LogP contribution in [0.3, 0.4) is 0 Å². The van der Waals surface area contributed by atoms with Crippen molar-refractivity contribution in [3.63, 3.8) is 0 Å². The van der Waals surface area contributed by atoms with Gasteiger partial charge in [0.2, 0.25) is 0 Å². The molecule has 78 valence electrons. The fraction of sp³-hybridized carbons (Fsp3) is 1.00. The molecule has 13 heavy (non-hydrogen) atoms. The molecule has 0 amide bonds. The van der Waals surface area contributed by atoms with E-state index in [0.29, 0.717) is 17.5 Å². The molecule has 1 aliphatic carbocycles. The molecule has 2 nitrogen and oxygen atoms in total. The van der Waals surface area contributed by atoms with Crippen LogP contribution in [-0.2, 0) is 9.47 Å². The second-order valence-corrected chi connectivity index (χ2v) is 5.82. The standard InChI is InChI=1S/C10H19BrO2/c1-10(2,3)13-5-4-12-9-6-8(11)7-9/h8-9H,4-7H2,1-3H3. The maximum absolute atomic E-state index is 5.59. The average molecular weight is 251 g/mol. The summed E-state index contributed by atoms with van der Waals surface area (Å²) in [6.07, 6.45) is 2.76. The lowest BCUT2D eigenvalue weighted by Gasteiger charge is -2.31. The smallest absolute Gasteiger partial charge is 0.0707 e. The maximum atomic E-state index is 5.59. The van der Waals surface area contributed by atoms with Crippen LogP contribution >= 0.6 is 15.9 Å². The van der Waals surface area contributed by atoms with Crippen LogP contribution in [-0.4, -0.2) is 29.7 Å². The minimum Gasteiger partial charge on any atom is -0.376 e. The summed E-state index contributed by atoms with van der Waals surface area (Å²) >= 11 is 3.53. The molecule has 1 aliphatic rings. The van der Waals surface area contributed by atoms with Gasteiger partial charge in [-0.25, -0.2) is 0 Å². The fourth-order valence-electron chi connectivity index (χ4n) is 1.20. The van der Waals surface area contributed by atoms with Gasteiger partial charge in [0.25, 0.3) is 0 Å². The summed E-state index contributed by atoms with van der Waals surface area (Å²) in [6.45, 7) is 7.61. The van der Waals surface area contributed by atoms with Crippen molar-refractivity contribution in [2.75, 3.05) is 13.2 Å². The van der Waals surface area contributed by atoms with E-state index in [1.54, 1.807) is 0 Å². The van der Waals surface area contributed by atoms with Gasteiger partial charge in [-0.3, -0.25) is 0 Å². The number of halogens is 1. The summed E-state index contributed by atoms with van der Waals surface area (Å²) in [7, 11) is 0. The summed E-state index contributed by atoms with van der Waals surface area (Å²) in [5.74, 6) is 0. The molecule has 0 aromatic heterocycles. The molecule has 0 aromatic carbocycles. The van der Waals surface area contributed by atoms with Crippen molar-refractivity contribution < 1.29 is 9.47 Å². The van der Waals surface area contributed by atoms with Crippen LogP contribution in [0.15, 0.2) is 0 Å². The normalized spacial score (nSPS) is 28.6. The number of hydrogen-bond donors (Lipinski definition) is 0. The van der Waals surface area contributed by atoms with Crippen molar-refractivity contribution in [3.8, 4) is 0 Å². The topological polar surface area (TPSA) is 18.5 Å². The van der Waals surface area contributed by atoms with Crippen LogP contribution in [0, 0.1) is 0 Å². The average Bonchev–Trinajstić information content (AvgIpc) is 1.91. The predicted octanol–water partition coefficient (Wildman–Crippen LogP) is 2.74. The summed E-state index contributed by atoms with van der Waals surface area (Å²) in [5, 5.41) is 0. The number of alkyl halides is 1. The molecule has 3 heteroatoms. The lowest BCUT2D eigenvalue weighted by molar-refractivity contribution is -0.0652. The van der Waals surface area contributed by atoms with E-state index in [0.717, 1.165) is 19.4 Å². The van der Waals surface area contributed by atoms with Crippen LogP contribution in [0.1, 0.15) is 33.6 Å². The number of rotatable bonds is 4. The zero-order valence-corrected chi connectivity index (χ0v) is 10.3. The Morgan fingerprint density at radius 3 is 2.31 bits per heavy atom. The van der Waals surface area contributed by atoms with E-state index < -0.39 is 0 Å². The first kappa shape index (κ1) is 11.5.